The summed E-state index contributed by atoms with van der Waals surface area (Å²) in [5.74, 6) is -1.67. The van der Waals surface area contributed by atoms with Crippen LogP contribution in [0, 0.1) is 0 Å². The Kier molecular flexibility index (Phi) is 2.00. The third kappa shape index (κ3) is 2.52. The number of methoxy groups -OCH3 is 1. The first-order chi connectivity index (χ1) is 7.78. The van der Waals surface area contributed by atoms with E-state index in [9.17, 15) is 9.90 Å². The van der Waals surface area contributed by atoms with Gasteiger partial charge in [0.25, 0.3) is 0 Å². The summed E-state index contributed by atoms with van der Waals surface area (Å²) < 4.78 is 25.1. The van der Waals surface area contributed by atoms with Gasteiger partial charge in [-0.1, -0.05) is 6.07 Å². The number of carboxylic acid groups (broad SMARTS) is 1. The fraction of sp³-hybridized carbons (Fsp3) is 0.100. The quantitative estimate of drug-likeness (QED) is 0.720. The third-order valence-corrected chi connectivity index (χ3v) is 1.51. The molecule has 0 aliphatic rings. The van der Waals surface area contributed by atoms with Crippen LogP contribution in [0.25, 0.3) is 6.08 Å². The first-order valence-electron chi connectivity index (χ1n) is 5.21. The van der Waals surface area contributed by atoms with Crippen LogP contribution in [0.1, 0.15) is 9.68 Å². The molecule has 14 heavy (non-hydrogen) atoms. The summed E-state index contributed by atoms with van der Waals surface area (Å²) >= 11 is 0. The molecule has 0 radical (unpaired) electrons. The van der Waals surface area contributed by atoms with Crippen molar-refractivity contribution in [3.63, 3.8) is 0 Å². The van der Waals surface area contributed by atoms with Gasteiger partial charge in [0.1, 0.15) is 0 Å². The summed E-state index contributed by atoms with van der Waals surface area (Å²) in [6.45, 7) is 0. The van der Waals surface area contributed by atoms with Gasteiger partial charge in [0.2, 0.25) is 0 Å². The predicted molar refractivity (Wildman–Crippen MR) is 51.3 cm³/mol. The minimum absolute atomic E-state index is 0.183. The van der Waals surface area contributed by atoms with E-state index in [0.29, 0.717) is 5.56 Å². The number of benzene rings is 1. The molecule has 0 aliphatic heterocycles. The molecule has 4 nitrogen and oxygen atoms in total. The van der Waals surface area contributed by atoms with Crippen molar-refractivity contribution >= 4 is 12.0 Å². The van der Waals surface area contributed by atoms with E-state index in [1.807, 2.05) is 0 Å². The molecule has 0 aliphatic carbocycles. The third-order valence-electron chi connectivity index (χ3n) is 1.51. The number of aliphatic carboxylic acids is 1. The Labute approximate surface area is 85.3 Å². The molecular formula is C10H10O4. The molecular weight excluding hydrogens is 184 g/mol. The summed E-state index contributed by atoms with van der Waals surface area (Å²) in [5.41, 5.74) is 0.419. The van der Waals surface area contributed by atoms with Gasteiger partial charge in [0.15, 0.2) is 11.5 Å². The molecule has 2 N–H and O–H groups in total. The maximum absolute atomic E-state index is 10.3. The van der Waals surface area contributed by atoms with E-state index < -0.39 is 13.0 Å². The summed E-state index contributed by atoms with van der Waals surface area (Å²) in [4.78, 5) is 10.3. The number of ether oxygens (including phenoxy) is 1. The molecule has 0 amide bonds. The molecule has 0 atom stereocenters. The Hall–Kier alpha value is -1.97. The zero-order valence-electron chi connectivity index (χ0n) is 10.1. The van der Waals surface area contributed by atoms with Gasteiger partial charge in [-0.05, 0) is 23.8 Å². The highest BCUT2D eigenvalue weighted by Gasteiger charge is 2.00. The number of phenols is 1. The van der Waals surface area contributed by atoms with Crippen molar-refractivity contribution in [2.75, 3.05) is 7.04 Å². The minimum Gasteiger partial charge on any atom is -0.504 e. The van der Waals surface area contributed by atoms with Crippen molar-refractivity contribution in [1.29, 1.82) is 0 Å². The first kappa shape index (κ1) is 6.48. The van der Waals surface area contributed by atoms with Gasteiger partial charge in [-0.25, -0.2) is 4.79 Å². The number of hydrogen-bond donors (Lipinski definition) is 2. The second kappa shape index (κ2) is 4.32. The topological polar surface area (TPSA) is 66.8 Å². The van der Waals surface area contributed by atoms with Crippen LogP contribution in [0.5, 0.6) is 11.5 Å². The Morgan fingerprint density at radius 3 is 3.00 bits per heavy atom. The van der Waals surface area contributed by atoms with E-state index in [1.54, 1.807) is 0 Å². The normalized spacial score (nSPS) is 14.4. The fourth-order valence-electron chi connectivity index (χ4n) is 0.892. The van der Waals surface area contributed by atoms with Crippen LogP contribution in [0.3, 0.4) is 0 Å². The highest BCUT2D eigenvalue weighted by Crippen LogP contribution is 2.26. The number of phenolic OH excluding ortho intramolecular Hbond substituents is 1. The standard InChI is InChI=1S/C10H10O4/c1-14-9-4-2-7(6-8(9)11)3-5-10(12)13/h2-6,11H,1H3,(H,12,13)/i1D3. The monoisotopic (exact) mass is 197 g/mol. The van der Waals surface area contributed by atoms with Gasteiger partial charge >= 0.3 is 5.97 Å². The zero-order valence-corrected chi connectivity index (χ0v) is 7.10. The van der Waals surface area contributed by atoms with E-state index in [2.05, 4.69) is 4.74 Å². The Morgan fingerprint density at radius 1 is 1.64 bits per heavy atom. The summed E-state index contributed by atoms with van der Waals surface area (Å²) in [6, 6.07) is 3.89. The largest absolute Gasteiger partial charge is 0.504 e. The molecule has 0 aromatic heterocycles. The van der Waals surface area contributed by atoms with Crippen LogP contribution in [0.15, 0.2) is 24.3 Å². The number of carbonyl (C=O) groups is 1. The van der Waals surface area contributed by atoms with E-state index in [4.69, 9.17) is 9.22 Å². The molecule has 0 saturated heterocycles. The minimum atomic E-state index is -2.64. The lowest BCUT2D eigenvalue weighted by Crippen LogP contribution is -1.86. The summed E-state index contributed by atoms with van der Waals surface area (Å²) in [6.07, 6.45) is 2.17. The van der Waals surface area contributed by atoms with Crippen LogP contribution in [-0.2, 0) is 4.79 Å². The van der Waals surface area contributed by atoms with Crippen LogP contribution in [0.2, 0.25) is 0 Å². The molecule has 0 spiro atoms. The molecule has 1 rings (SSSR count). The highest BCUT2D eigenvalue weighted by atomic mass is 16.5. The van der Waals surface area contributed by atoms with Crippen molar-refractivity contribution in [2.45, 2.75) is 0 Å². The Balaban J connectivity index is 2.90. The van der Waals surface area contributed by atoms with Crippen molar-refractivity contribution in [3.05, 3.63) is 29.8 Å². The van der Waals surface area contributed by atoms with Gasteiger partial charge < -0.3 is 14.9 Å². The average molecular weight is 197 g/mol. The molecule has 0 heterocycles. The van der Waals surface area contributed by atoms with Gasteiger partial charge in [-0.3, -0.25) is 0 Å². The number of rotatable bonds is 3. The number of carboxylic acids is 1. The number of aromatic hydroxyl groups is 1. The number of hydrogen-bond acceptors (Lipinski definition) is 3. The molecule has 1 aromatic rings. The van der Waals surface area contributed by atoms with Crippen LogP contribution >= 0.6 is 0 Å². The van der Waals surface area contributed by atoms with E-state index >= 15 is 0 Å². The maximum atomic E-state index is 10.3. The van der Waals surface area contributed by atoms with E-state index in [1.165, 1.54) is 24.3 Å². The summed E-state index contributed by atoms with van der Waals surface area (Å²) in [7, 11) is -2.64. The molecule has 74 valence electrons. The van der Waals surface area contributed by atoms with Gasteiger partial charge in [0.05, 0.1) is 11.2 Å². The zero-order chi connectivity index (χ0) is 13.1. The van der Waals surface area contributed by atoms with Crippen molar-refractivity contribution in [2.24, 2.45) is 0 Å². The van der Waals surface area contributed by atoms with Crippen LogP contribution in [0.4, 0.5) is 0 Å². The van der Waals surface area contributed by atoms with Crippen molar-refractivity contribution in [3.8, 4) is 11.5 Å². The second-order valence-electron chi connectivity index (χ2n) is 2.50. The molecule has 1 aromatic carbocycles. The molecule has 0 unspecified atom stereocenters. The average Bonchev–Trinajstić information content (AvgIpc) is 2.17. The van der Waals surface area contributed by atoms with Gasteiger partial charge in [0, 0.05) is 6.08 Å². The van der Waals surface area contributed by atoms with Gasteiger partial charge in [-0.15, -0.1) is 0 Å². The molecule has 0 saturated carbocycles. The lowest BCUT2D eigenvalue weighted by Gasteiger charge is -2.02. The first-order valence-corrected chi connectivity index (χ1v) is 3.71. The SMILES string of the molecule is [2H]C([2H])([2H])Oc1ccc(C=CC(=O)O)cc1O. The Bertz CT molecular complexity index is 451. The second-order valence-corrected chi connectivity index (χ2v) is 2.50. The lowest BCUT2D eigenvalue weighted by molar-refractivity contribution is -0.131. The molecule has 4 heteroatoms. The van der Waals surface area contributed by atoms with Crippen molar-refractivity contribution < 1.29 is 23.9 Å². The lowest BCUT2D eigenvalue weighted by atomic mass is 10.2. The Morgan fingerprint density at radius 2 is 2.43 bits per heavy atom. The van der Waals surface area contributed by atoms with E-state index in [0.717, 1.165) is 6.08 Å². The molecule has 0 bridgehead atoms. The van der Waals surface area contributed by atoms with E-state index in [-0.39, 0.29) is 11.5 Å². The summed E-state index contributed by atoms with van der Waals surface area (Å²) in [5, 5.41) is 17.9. The fourth-order valence-corrected chi connectivity index (χ4v) is 0.892. The predicted octanol–water partition coefficient (Wildman–Crippen LogP) is 1.50. The van der Waals surface area contributed by atoms with Crippen LogP contribution < -0.4 is 4.74 Å². The smallest absolute Gasteiger partial charge is 0.328 e. The van der Waals surface area contributed by atoms with Crippen LogP contribution in [-0.4, -0.2) is 23.2 Å². The van der Waals surface area contributed by atoms with Crippen molar-refractivity contribution in [1.82, 2.24) is 0 Å². The van der Waals surface area contributed by atoms with Gasteiger partial charge in [-0.2, -0.15) is 0 Å². The maximum Gasteiger partial charge on any atom is 0.328 e. The highest BCUT2D eigenvalue weighted by molar-refractivity contribution is 5.85. The molecule has 0 fully saturated rings.